The average molecular weight is 441 g/mol. The molecular weight excluding hydrogens is 424 g/mol. The molecule has 0 saturated carbocycles. The Kier molecular flexibility index (Phi) is 7.14. The van der Waals surface area contributed by atoms with Gasteiger partial charge in [0.05, 0.1) is 37.6 Å². The van der Waals surface area contributed by atoms with Crippen LogP contribution in [0.15, 0.2) is 35.2 Å². The van der Waals surface area contributed by atoms with Gasteiger partial charge in [0.25, 0.3) is 10.0 Å². The SMILES string of the molecule is COc1cc(OC)c(NS(=O)(=O)c2cc(C(=O)OCC#N)ccc2OC)cc1Cl. The number of hydrogen-bond acceptors (Lipinski definition) is 8. The van der Waals surface area contributed by atoms with Gasteiger partial charge in [-0.05, 0) is 24.3 Å². The van der Waals surface area contributed by atoms with Gasteiger partial charge in [-0.1, -0.05) is 11.6 Å². The van der Waals surface area contributed by atoms with Crippen molar-refractivity contribution in [3.63, 3.8) is 0 Å². The summed E-state index contributed by atoms with van der Waals surface area (Å²) >= 11 is 6.08. The van der Waals surface area contributed by atoms with Crippen LogP contribution in [0.25, 0.3) is 0 Å². The third-order valence-corrected chi connectivity index (χ3v) is 5.36. The molecule has 29 heavy (non-hydrogen) atoms. The Balaban J connectivity index is 2.49. The summed E-state index contributed by atoms with van der Waals surface area (Å²) in [6.45, 7) is -0.466. The van der Waals surface area contributed by atoms with E-state index >= 15 is 0 Å². The molecule has 0 aromatic heterocycles. The van der Waals surface area contributed by atoms with Crippen molar-refractivity contribution in [2.75, 3.05) is 32.7 Å². The molecule has 0 aliphatic rings. The number of rotatable bonds is 8. The molecule has 11 heteroatoms. The molecule has 0 saturated heterocycles. The molecule has 9 nitrogen and oxygen atoms in total. The van der Waals surface area contributed by atoms with Crippen LogP contribution in [0.4, 0.5) is 5.69 Å². The number of hydrogen-bond donors (Lipinski definition) is 1. The monoisotopic (exact) mass is 440 g/mol. The Labute approximate surface area is 172 Å². The van der Waals surface area contributed by atoms with Crippen LogP contribution in [0, 0.1) is 11.3 Å². The van der Waals surface area contributed by atoms with Crippen LogP contribution >= 0.6 is 11.6 Å². The first-order valence-electron chi connectivity index (χ1n) is 7.93. The van der Waals surface area contributed by atoms with Crippen LogP contribution in [0.2, 0.25) is 5.02 Å². The molecule has 0 bridgehead atoms. The number of methoxy groups -OCH3 is 3. The van der Waals surface area contributed by atoms with Crippen LogP contribution < -0.4 is 18.9 Å². The number of benzene rings is 2. The van der Waals surface area contributed by atoms with E-state index in [4.69, 9.17) is 35.8 Å². The molecule has 154 valence electrons. The zero-order valence-electron chi connectivity index (χ0n) is 15.7. The number of anilines is 1. The van der Waals surface area contributed by atoms with Gasteiger partial charge in [0.1, 0.15) is 28.2 Å². The number of esters is 1. The fourth-order valence-corrected chi connectivity index (χ4v) is 3.83. The molecule has 0 aliphatic heterocycles. The van der Waals surface area contributed by atoms with Crippen LogP contribution in [0.1, 0.15) is 10.4 Å². The second-order valence-electron chi connectivity index (χ2n) is 5.39. The van der Waals surface area contributed by atoms with E-state index in [1.54, 1.807) is 6.07 Å². The van der Waals surface area contributed by atoms with Crippen molar-refractivity contribution in [1.82, 2.24) is 0 Å². The van der Waals surface area contributed by atoms with Crippen molar-refractivity contribution in [3.8, 4) is 23.3 Å². The molecule has 2 aromatic rings. The Morgan fingerprint density at radius 3 is 2.31 bits per heavy atom. The summed E-state index contributed by atoms with van der Waals surface area (Å²) in [5, 5.41) is 8.68. The zero-order chi connectivity index (χ0) is 21.6. The summed E-state index contributed by atoms with van der Waals surface area (Å²) in [7, 11) is -0.181. The Morgan fingerprint density at radius 1 is 1.07 bits per heavy atom. The van der Waals surface area contributed by atoms with Crippen molar-refractivity contribution >= 4 is 33.3 Å². The van der Waals surface area contributed by atoms with Crippen LogP contribution in [0.3, 0.4) is 0 Å². The fraction of sp³-hybridized carbons (Fsp3) is 0.222. The minimum absolute atomic E-state index is 0.00657. The maximum Gasteiger partial charge on any atom is 0.339 e. The third kappa shape index (κ3) is 5.01. The molecule has 0 atom stereocenters. The second-order valence-corrected chi connectivity index (χ2v) is 7.45. The molecule has 0 amide bonds. The van der Waals surface area contributed by atoms with E-state index in [2.05, 4.69) is 4.72 Å². The molecule has 0 radical (unpaired) electrons. The van der Waals surface area contributed by atoms with E-state index in [1.807, 2.05) is 0 Å². The van der Waals surface area contributed by atoms with Crippen LogP contribution in [0.5, 0.6) is 17.2 Å². The van der Waals surface area contributed by atoms with Crippen LogP contribution in [-0.4, -0.2) is 42.3 Å². The second kappa shape index (κ2) is 9.36. The van der Waals surface area contributed by atoms with E-state index < -0.39 is 22.6 Å². The van der Waals surface area contributed by atoms with Gasteiger partial charge in [-0.15, -0.1) is 0 Å². The van der Waals surface area contributed by atoms with Crippen molar-refractivity contribution in [2.24, 2.45) is 0 Å². The molecule has 1 N–H and O–H groups in total. The maximum absolute atomic E-state index is 13.0. The molecule has 2 aromatic carbocycles. The van der Waals surface area contributed by atoms with Crippen molar-refractivity contribution in [1.29, 1.82) is 5.26 Å². The van der Waals surface area contributed by atoms with Crippen molar-refractivity contribution in [3.05, 3.63) is 40.9 Å². The first-order chi connectivity index (χ1) is 13.8. The Morgan fingerprint density at radius 2 is 1.72 bits per heavy atom. The Bertz CT molecular complexity index is 1060. The summed E-state index contributed by atoms with van der Waals surface area (Å²) in [5.74, 6) is -0.395. The van der Waals surface area contributed by atoms with E-state index in [0.717, 1.165) is 6.07 Å². The molecule has 0 fully saturated rings. The fourth-order valence-electron chi connectivity index (χ4n) is 2.33. The lowest BCUT2D eigenvalue weighted by Gasteiger charge is -2.16. The van der Waals surface area contributed by atoms with Gasteiger partial charge in [0.2, 0.25) is 0 Å². The highest BCUT2D eigenvalue weighted by molar-refractivity contribution is 7.92. The summed E-state index contributed by atoms with van der Waals surface area (Å²) in [6, 6.07) is 8.12. The number of ether oxygens (including phenoxy) is 4. The van der Waals surface area contributed by atoms with Gasteiger partial charge in [0, 0.05) is 6.07 Å². The van der Waals surface area contributed by atoms with E-state index in [1.165, 1.54) is 45.6 Å². The van der Waals surface area contributed by atoms with Crippen LogP contribution in [-0.2, 0) is 14.8 Å². The summed E-state index contributed by atoms with van der Waals surface area (Å²) in [4.78, 5) is 11.7. The standard InChI is InChI=1S/C18H17ClN2O7S/c1-25-14-5-4-11(18(22)28-7-6-20)8-17(14)29(23,24)21-13-9-12(19)15(26-2)10-16(13)27-3/h4-5,8-10,21H,7H2,1-3H3. The lowest BCUT2D eigenvalue weighted by atomic mass is 10.2. The third-order valence-electron chi connectivity index (χ3n) is 3.67. The summed E-state index contributed by atoms with van der Waals surface area (Å²) < 4.78 is 48.4. The molecule has 0 aliphatic carbocycles. The molecular formula is C18H17ClN2O7S. The number of halogens is 1. The number of sulfonamides is 1. The van der Waals surface area contributed by atoms with E-state index in [9.17, 15) is 13.2 Å². The highest BCUT2D eigenvalue weighted by Gasteiger charge is 2.24. The summed E-state index contributed by atoms with van der Waals surface area (Å²) in [6.07, 6.45) is 0. The predicted octanol–water partition coefficient (Wildman–Crippen LogP) is 2.85. The molecule has 2 rings (SSSR count). The first-order valence-corrected chi connectivity index (χ1v) is 9.80. The Hall–Kier alpha value is -3.16. The number of nitriles is 1. The van der Waals surface area contributed by atoms with Gasteiger partial charge >= 0.3 is 5.97 Å². The molecule has 0 unspecified atom stereocenters. The average Bonchev–Trinajstić information content (AvgIpc) is 2.71. The highest BCUT2D eigenvalue weighted by atomic mass is 35.5. The van der Waals surface area contributed by atoms with Crippen molar-refractivity contribution in [2.45, 2.75) is 4.90 Å². The molecule has 0 heterocycles. The maximum atomic E-state index is 13.0. The lowest BCUT2D eigenvalue weighted by Crippen LogP contribution is -2.16. The van der Waals surface area contributed by atoms with Gasteiger partial charge in [-0.25, -0.2) is 13.2 Å². The normalized spacial score (nSPS) is 10.6. The quantitative estimate of drug-likeness (QED) is 0.621. The smallest absolute Gasteiger partial charge is 0.339 e. The minimum Gasteiger partial charge on any atom is -0.495 e. The van der Waals surface area contributed by atoms with Gasteiger partial charge in [0.15, 0.2) is 6.61 Å². The lowest BCUT2D eigenvalue weighted by molar-refractivity contribution is 0.0554. The largest absolute Gasteiger partial charge is 0.495 e. The molecule has 0 spiro atoms. The van der Waals surface area contributed by atoms with Gasteiger partial charge < -0.3 is 18.9 Å². The zero-order valence-corrected chi connectivity index (χ0v) is 17.3. The number of nitrogens with one attached hydrogen (secondary N) is 1. The van der Waals surface area contributed by atoms with Crippen molar-refractivity contribution < 1.29 is 32.2 Å². The summed E-state index contributed by atoms with van der Waals surface area (Å²) in [5.41, 5.74) is -0.0148. The topological polar surface area (TPSA) is 124 Å². The van der Waals surface area contributed by atoms with E-state index in [-0.39, 0.29) is 32.7 Å². The minimum atomic E-state index is -4.23. The van der Waals surface area contributed by atoms with E-state index in [0.29, 0.717) is 5.75 Å². The van der Waals surface area contributed by atoms with Gasteiger partial charge in [-0.2, -0.15) is 5.26 Å². The first kappa shape index (κ1) is 22.1. The van der Waals surface area contributed by atoms with Gasteiger partial charge in [-0.3, -0.25) is 4.72 Å². The number of nitrogens with zero attached hydrogens (tertiary/aromatic N) is 1. The predicted molar refractivity (Wildman–Crippen MR) is 104 cm³/mol. The number of carbonyl (C=O) groups excluding carboxylic acids is 1. The number of carbonyl (C=O) groups is 1. The highest BCUT2D eigenvalue weighted by Crippen LogP contribution is 2.37.